The second-order valence-electron chi connectivity index (χ2n) is 5.39. The minimum absolute atomic E-state index is 0.127. The summed E-state index contributed by atoms with van der Waals surface area (Å²) in [4.78, 5) is 14.3. The summed E-state index contributed by atoms with van der Waals surface area (Å²) in [6.45, 7) is 2.00. The molecule has 6 nitrogen and oxygen atoms in total. The fourth-order valence-electron chi connectivity index (χ4n) is 2.34. The monoisotopic (exact) mass is 364 g/mol. The lowest BCUT2D eigenvalue weighted by Gasteiger charge is -2.22. The van der Waals surface area contributed by atoms with Crippen molar-refractivity contribution >= 4 is 17.4 Å². The van der Waals surface area contributed by atoms with Gasteiger partial charge in [-0.05, 0) is 40.1 Å². The Morgan fingerprint density at radius 1 is 1.12 bits per heavy atom. The number of nitrogens with one attached hydrogen (secondary N) is 1. The lowest BCUT2D eigenvalue weighted by Crippen LogP contribution is -2.40. The van der Waals surface area contributed by atoms with Crippen molar-refractivity contribution in [3.8, 4) is 11.5 Å². The molecule has 136 valence electrons. The number of ether oxygens (including phenoxy) is 3. The Morgan fingerprint density at radius 2 is 1.92 bits per heavy atom. The number of carbonyl (C=O) groups is 1. The number of rotatable bonds is 9. The molecule has 0 unspecified atom stereocenters. The van der Waals surface area contributed by atoms with Crippen LogP contribution in [0.25, 0.3) is 0 Å². The summed E-state index contributed by atoms with van der Waals surface area (Å²) in [6, 6.07) is 7.48. The van der Waals surface area contributed by atoms with Gasteiger partial charge in [-0.2, -0.15) is 11.3 Å². The van der Waals surface area contributed by atoms with E-state index in [0.717, 1.165) is 11.1 Å². The normalized spacial score (nSPS) is 10.4. The highest BCUT2D eigenvalue weighted by Crippen LogP contribution is 2.27. The third-order valence-electron chi connectivity index (χ3n) is 3.70. The molecule has 0 aliphatic carbocycles. The number of hydrogen-bond donors (Lipinski definition) is 1. The smallest absolute Gasteiger partial charge is 0.318 e. The molecule has 0 spiro atoms. The molecule has 7 heteroatoms. The van der Waals surface area contributed by atoms with Crippen LogP contribution in [-0.4, -0.2) is 45.4 Å². The maximum absolute atomic E-state index is 12.5. The summed E-state index contributed by atoms with van der Waals surface area (Å²) in [7, 11) is 4.81. The van der Waals surface area contributed by atoms with Crippen LogP contribution in [0.4, 0.5) is 4.79 Å². The number of carbonyl (C=O) groups excluding carboxylic acids is 1. The first-order valence-corrected chi connectivity index (χ1v) is 8.86. The van der Waals surface area contributed by atoms with Crippen LogP contribution in [0.1, 0.15) is 11.1 Å². The molecule has 2 aromatic rings. The third-order valence-corrected chi connectivity index (χ3v) is 4.43. The molecule has 2 rings (SSSR count). The van der Waals surface area contributed by atoms with Gasteiger partial charge in [-0.25, -0.2) is 4.79 Å². The maximum atomic E-state index is 12.5. The predicted octanol–water partition coefficient (Wildman–Crippen LogP) is 3.12. The lowest BCUT2D eigenvalue weighted by atomic mass is 10.2. The third kappa shape index (κ3) is 5.65. The first kappa shape index (κ1) is 19.1. The second kappa shape index (κ2) is 9.90. The molecular weight excluding hydrogens is 340 g/mol. The highest BCUT2D eigenvalue weighted by molar-refractivity contribution is 7.07. The Balaban J connectivity index is 1.97. The van der Waals surface area contributed by atoms with Crippen molar-refractivity contribution in [1.82, 2.24) is 10.2 Å². The number of benzene rings is 1. The van der Waals surface area contributed by atoms with Gasteiger partial charge >= 0.3 is 6.03 Å². The molecule has 0 saturated carbocycles. The maximum Gasteiger partial charge on any atom is 0.318 e. The minimum Gasteiger partial charge on any atom is -0.493 e. The van der Waals surface area contributed by atoms with Crippen molar-refractivity contribution in [3.05, 3.63) is 46.2 Å². The molecule has 1 N–H and O–H groups in total. The molecule has 1 aromatic heterocycles. The van der Waals surface area contributed by atoms with E-state index < -0.39 is 0 Å². The van der Waals surface area contributed by atoms with Crippen LogP contribution in [0.3, 0.4) is 0 Å². The summed E-state index contributed by atoms with van der Waals surface area (Å²) in [5.41, 5.74) is 2.05. The molecule has 0 aliphatic rings. The Labute approximate surface area is 152 Å². The van der Waals surface area contributed by atoms with Crippen molar-refractivity contribution in [1.29, 1.82) is 0 Å². The first-order chi connectivity index (χ1) is 12.2. The predicted molar refractivity (Wildman–Crippen MR) is 98.4 cm³/mol. The second-order valence-corrected chi connectivity index (χ2v) is 6.17. The van der Waals surface area contributed by atoms with Gasteiger partial charge in [0.2, 0.25) is 0 Å². The van der Waals surface area contributed by atoms with E-state index in [9.17, 15) is 4.79 Å². The fraction of sp³-hybridized carbons (Fsp3) is 0.389. The van der Waals surface area contributed by atoms with Crippen molar-refractivity contribution in [2.24, 2.45) is 0 Å². The summed E-state index contributed by atoms with van der Waals surface area (Å²) in [5.74, 6) is 1.31. The molecule has 25 heavy (non-hydrogen) atoms. The molecule has 1 aromatic carbocycles. The zero-order valence-electron chi connectivity index (χ0n) is 14.8. The number of amides is 2. The Kier molecular flexibility index (Phi) is 7.56. The van der Waals surface area contributed by atoms with Gasteiger partial charge in [-0.1, -0.05) is 6.07 Å². The average molecular weight is 364 g/mol. The van der Waals surface area contributed by atoms with E-state index in [1.807, 2.05) is 35.0 Å². The number of nitrogens with zero attached hydrogens (tertiary/aromatic N) is 1. The first-order valence-electron chi connectivity index (χ1n) is 7.91. The molecule has 0 bridgehead atoms. The van der Waals surface area contributed by atoms with Crippen molar-refractivity contribution in [2.45, 2.75) is 13.1 Å². The largest absolute Gasteiger partial charge is 0.493 e. The van der Waals surface area contributed by atoms with E-state index >= 15 is 0 Å². The van der Waals surface area contributed by atoms with Gasteiger partial charge < -0.3 is 24.4 Å². The van der Waals surface area contributed by atoms with E-state index in [-0.39, 0.29) is 6.03 Å². The van der Waals surface area contributed by atoms with Crippen LogP contribution >= 0.6 is 11.3 Å². The molecule has 0 atom stereocenters. The van der Waals surface area contributed by atoms with Crippen LogP contribution < -0.4 is 14.8 Å². The van der Waals surface area contributed by atoms with Crippen molar-refractivity contribution < 1.29 is 19.0 Å². The highest BCUT2D eigenvalue weighted by Gasteiger charge is 2.14. The molecule has 0 fully saturated rings. The zero-order chi connectivity index (χ0) is 18.1. The quantitative estimate of drug-likeness (QED) is 0.743. The lowest BCUT2D eigenvalue weighted by molar-refractivity contribution is 0.146. The molecule has 0 radical (unpaired) electrons. The number of thiophene rings is 1. The topological polar surface area (TPSA) is 60.0 Å². The van der Waals surface area contributed by atoms with E-state index in [1.165, 1.54) is 0 Å². The Bertz CT molecular complexity index is 661. The van der Waals surface area contributed by atoms with Crippen LogP contribution in [0.2, 0.25) is 0 Å². The van der Waals surface area contributed by atoms with Gasteiger partial charge in [-0.3, -0.25) is 0 Å². The Morgan fingerprint density at radius 3 is 2.56 bits per heavy atom. The Hall–Kier alpha value is -2.25. The van der Waals surface area contributed by atoms with Crippen LogP contribution in [0.15, 0.2) is 35.0 Å². The van der Waals surface area contributed by atoms with E-state index in [1.54, 1.807) is 37.6 Å². The molecule has 1 heterocycles. The SMILES string of the molecule is COCCN(Cc1ccsc1)C(=O)NCc1ccc(OC)c(OC)c1. The van der Waals surface area contributed by atoms with Crippen LogP contribution in [0.5, 0.6) is 11.5 Å². The molecule has 0 aliphatic heterocycles. The van der Waals surface area contributed by atoms with Crippen molar-refractivity contribution in [2.75, 3.05) is 34.5 Å². The number of methoxy groups -OCH3 is 3. The van der Waals surface area contributed by atoms with E-state index in [2.05, 4.69) is 5.32 Å². The van der Waals surface area contributed by atoms with E-state index in [0.29, 0.717) is 37.7 Å². The van der Waals surface area contributed by atoms with Gasteiger partial charge in [0.15, 0.2) is 11.5 Å². The van der Waals surface area contributed by atoms with Gasteiger partial charge in [0.25, 0.3) is 0 Å². The zero-order valence-corrected chi connectivity index (χ0v) is 15.6. The van der Waals surface area contributed by atoms with E-state index in [4.69, 9.17) is 14.2 Å². The van der Waals surface area contributed by atoms with Crippen LogP contribution in [-0.2, 0) is 17.8 Å². The summed E-state index contributed by atoms with van der Waals surface area (Å²) in [5, 5.41) is 7.00. The molecular formula is C18H24N2O4S. The number of urea groups is 1. The van der Waals surface area contributed by atoms with Crippen LogP contribution in [0, 0.1) is 0 Å². The highest BCUT2D eigenvalue weighted by atomic mass is 32.1. The number of hydrogen-bond acceptors (Lipinski definition) is 5. The summed E-state index contributed by atoms with van der Waals surface area (Å²) < 4.78 is 15.6. The fourth-order valence-corrected chi connectivity index (χ4v) is 3.00. The van der Waals surface area contributed by atoms with Gasteiger partial charge in [0.05, 0.1) is 20.8 Å². The minimum atomic E-state index is -0.127. The summed E-state index contributed by atoms with van der Waals surface area (Å²) >= 11 is 1.62. The van der Waals surface area contributed by atoms with Crippen molar-refractivity contribution in [3.63, 3.8) is 0 Å². The van der Waals surface area contributed by atoms with Gasteiger partial charge in [0.1, 0.15) is 0 Å². The molecule has 2 amide bonds. The summed E-state index contributed by atoms with van der Waals surface area (Å²) in [6.07, 6.45) is 0. The average Bonchev–Trinajstić information content (AvgIpc) is 3.15. The molecule has 0 saturated heterocycles. The van der Waals surface area contributed by atoms with Gasteiger partial charge in [-0.15, -0.1) is 0 Å². The van der Waals surface area contributed by atoms with Gasteiger partial charge in [0, 0.05) is 26.7 Å². The standard InChI is InChI=1S/C18H24N2O4S/c1-22-8-7-20(12-15-6-9-25-13-15)18(21)19-11-14-4-5-16(23-2)17(10-14)24-3/h4-6,9-10,13H,7-8,11-12H2,1-3H3,(H,19,21).